The molecular weight excluding hydrogens is 258 g/mol. The van der Waals surface area contributed by atoms with Gasteiger partial charge >= 0.3 is 0 Å². The lowest BCUT2D eigenvalue weighted by Crippen LogP contribution is -2.36. The van der Waals surface area contributed by atoms with Gasteiger partial charge in [-0.3, -0.25) is 0 Å². The summed E-state index contributed by atoms with van der Waals surface area (Å²) in [6, 6.07) is 10.5. The van der Waals surface area contributed by atoms with Crippen molar-refractivity contribution in [3.8, 4) is 0 Å². The van der Waals surface area contributed by atoms with Crippen LogP contribution in [-0.4, -0.2) is 42.4 Å². The van der Waals surface area contributed by atoms with Gasteiger partial charge in [0.25, 0.3) is 0 Å². The molecule has 108 valence electrons. The lowest BCUT2D eigenvalue weighted by molar-refractivity contribution is 0.0278. The van der Waals surface area contributed by atoms with Crippen LogP contribution in [-0.2, 0) is 11.3 Å². The van der Waals surface area contributed by atoms with E-state index in [9.17, 15) is 5.11 Å². The average molecular weight is 283 g/mol. The maximum Gasteiger partial charge on any atom is 0.0897 e. The van der Waals surface area contributed by atoms with Crippen molar-refractivity contribution in [2.75, 3.05) is 25.2 Å². The van der Waals surface area contributed by atoms with E-state index in [1.807, 2.05) is 42.1 Å². The number of nitrogens with one attached hydrogen (secondary N) is 1. The first-order valence-corrected chi connectivity index (χ1v) is 8.13. The van der Waals surface area contributed by atoms with E-state index in [1.165, 1.54) is 0 Å². The van der Waals surface area contributed by atoms with Crippen LogP contribution in [0.4, 0.5) is 0 Å². The van der Waals surface area contributed by atoms with Crippen molar-refractivity contribution in [1.29, 1.82) is 0 Å². The zero-order chi connectivity index (χ0) is 13.9. The van der Waals surface area contributed by atoms with Crippen molar-refractivity contribution in [3.05, 3.63) is 35.9 Å². The molecule has 0 aliphatic rings. The average Bonchev–Trinajstić information content (AvgIpc) is 2.44. The highest BCUT2D eigenvalue weighted by molar-refractivity contribution is 7.98. The Bertz CT molecular complexity index is 321. The van der Waals surface area contributed by atoms with Crippen LogP contribution in [0.25, 0.3) is 0 Å². The Balaban J connectivity index is 2.06. The third-order valence-electron chi connectivity index (χ3n) is 2.88. The number of hydrogen-bond donors (Lipinski definition) is 2. The molecule has 0 saturated heterocycles. The number of ether oxygens (including phenoxy) is 1. The molecule has 1 rings (SSSR count). The van der Waals surface area contributed by atoms with Crippen molar-refractivity contribution in [3.63, 3.8) is 0 Å². The lowest BCUT2D eigenvalue weighted by Gasteiger charge is -2.17. The number of aliphatic hydroxyl groups is 1. The molecule has 1 aromatic rings. The van der Waals surface area contributed by atoms with Crippen molar-refractivity contribution < 1.29 is 9.84 Å². The van der Waals surface area contributed by atoms with Crippen LogP contribution in [0.2, 0.25) is 0 Å². The van der Waals surface area contributed by atoms with Gasteiger partial charge in [0.1, 0.15) is 0 Å². The van der Waals surface area contributed by atoms with Gasteiger partial charge < -0.3 is 15.2 Å². The standard InChI is InChI=1S/C15H25NO2S/c1-13(8-9-19-2)16-10-15(17)12-18-11-14-6-4-3-5-7-14/h3-7,13,15-17H,8-12H2,1-2H3. The molecule has 0 fully saturated rings. The quantitative estimate of drug-likeness (QED) is 0.691. The molecule has 0 bridgehead atoms. The van der Waals surface area contributed by atoms with Crippen LogP contribution >= 0.6 is 11.8 Å². The zero-order valence-corrected chi connectivity index (χ0v) is 12.7. The highest BCUT2D eigenvalue weighted by atomic mass is 32.2. The molecule has 2 N–H and O–H groups in total. The minimum atomic E-state index is -0.444. The SMILES string of the molecule is CSCCC(C)NCC(O)COCc1ccccc1. The van der Waals surface area contributed by atoms with Crippen LogP contribution in [0.5, 0.6) is 0 Å². The lowest BCUT2D eigenvalue weighted by atomic mass is 10.2. The third kappa shape index (κ3) is 8.26. The number of aliphatic hydroxyl groups excluding tert-OH is 1. The summed E-state index contributed by atoms with van der Waals surface area (Å²) < 4.78 is 5.50. The minimum absolute atomic E-state index is 0.372. The molecule has 0 aromatic heterocycles. The Morgan fingerprint density at radius 3 is 2.74 bits per heavy atom. The molecule has 0 amide bonds. The summed E-state index contributed by atoms with van der Waals surface area (Å²) in [6.07, 6.45) is 2.79. The topological polar surface area (TPSA) is 41.5 Å². The van der Waals surface area contributed by atoms with E-state index in [1.54, 1.807) is 0 Å². The molecule has 1 aromatic carbocycles. The molecule has 2 unspecified atom stereocenters. The fourth-order valence-corrected chi connectivity index (χ4v) is 2.27. The second-order valence-corrected chi connectivity index (χ2v) is 5.73. The van der Waals surface area contributed by atoms with Crippen LogP contribution in [0.15, 0.2) is 30.3 Å². The molecule has 0 aliphatic heterocycles. The summed E-state index contributed by atoms with van der Waals surface area (Å²) in [7, 11) is 0. The van der Waals surface area contributed by atoms with E-state index in [0.29, 0.717) is 25.8 Å². The summed E-state index contributed by atoms with van der Waals surface area (Å²) >= 11 is 1.85. The van der Waals surface area contributed by atoms with Gasteiger partial charge in [-0.1, -0.05) is 30.3 Å². The van der Waals surface area contributed by atoms with E-state index in [4.69, 9.17) is 4.74 Å². The van der Waals surface area contributed by atoms with E-state index in [2.05, 4.69) is 18.5 Å². The predicted octanol–water partition coefficient (Wildman–Crippen LogP) is 2.30. The van der Waals surface area contributed by atoms with Crippen molar-refractivity contribution in [2.24, 2.45) is 0 Å². The fourth-order valence-electron chi connectivity index (χ4n) is 1.68. The normalized spacial score (nSPS) is 14.3. The molecule has 0 saturated carbocycles. The van der Waals surface area contributed by atoms with E-state index in [0.717, 1.165) is 17.7 Å². The Kier molecular flexibility index (Phi) is 8.91. The number of rotatable bonds is 10. The molecule has 0 spiro atoms. The molecule has 0 radical (unpaired) electrons. The first-order valence-electron chi connectivity index (χ1n) is 6.74. The molecule has 2 atom stereocenters. The number of hydrogen-bond acceptors (Lipinski definition) is 4. The Labute approximate surface area is 120 Å². The summed E-state index contributed by atoms with van der Waals surface area (Å²) in [5.41, 5.74) is 1.14. The Morgan fingerprint density at radius 2 is 2.05 bits per heavy atom. The molecule has 19 heavy (non-hydrogen) atoms. The van der Waals surface area contributed by atoms with Gasteiger partial charge in [-0.05, 0) is 30.9 Å². The third-order valence-corrected chi connectivity index (χ3v) is 3.52. The highest BCUT2D eigenvalue weighted by Crippen LogP contribution is 2.02. The molecule has 3 nitrogen and oxygen atoms in total. The first kappa shape index (κ1) is 16.5. The summed E-state index contributed by atoms with van der Waals surface area (Å²) in [6.45, 7) is 3.66. The monoisotopic (exact) mass is 283 g/mol. The largest absolute Gasteiger partial charge is 0.389 e. The maximum atomic E-state index is 9.81. The van der Waals surface area contributed by atoms with Crippen LogP contribution in [0.3, 0.4) is 0 Å². The zero-order valence-electron chi connectivity index (χ0n) is 11.8. The Morgan fingerprint density at radius 1 is 1.32 bits per heavy atom. The van der Waals surface area contributed by atoms with Crippen LogP contribution in [0.1, 0.15) is 18.9 Å². The summed E-state index contributed by atoms with van der Waals surface area (Å²) in [5, 5.41) is 13.1. The second-order valence-electron chi connectivity index (χ2n) is 4.75. The van der Waals surface area contributed by atoms with Gasteiger partial charge in [-0.15, -0.1) is 0 Å². The van der Waals surface area contributed by atoms with Gasteiger partial charge in [0.05, 0.1) is 19.3 Å². The summed E-state index contributed by atoms with van der Waals surface area (Å²) in [5.74, 6) is 1.15. The van der Waals surface area contributed by atoms with Crippen molar-refractivity contribution >= 4 is 11.8 Å². The number of thioether (sulfide) groups is 1. The molecule has 0 aliphatic carbocycles. The van der Waals surface area contributed by atoms with E-state index >= 15 is 0 Å². The second kappa shape index (κ2) is 10.3. The van der Waals surface area contributed by atoms with Crippen molar-refractivity contribution in [1.82, 2.24) is 5.32 Å². The minimum Gasteiger partial charge on any atom is -0.389 e. The Hall–Kier alpha value is -0.550. The van der Waals surface area contributed by atoms with E-state index < -0.39 is 6.10 Å². The van der Waals surface area contributed by atoms with Gasteiger partial charge in [0.2, 0.25) is 0 Å². The maximum absolute atomic E-state index is 9.81. The van der Waals surface area contributed by atoms with Gasteiger partial charge in [0, 0.05) is 12.6 Å². The van der Waals surface area contributed by atoms with Crippen LogP contribution < -0.4 is 5.32 Å². The first-order chi connectivity index (χ1) is 9.22. The van der Waals surface area contributed by atoms with Gasteiger partial charge in [-0.2, -0.15) is 11.8 Å². The molecule has 4 heteroatoms. The molecule has 0 heterocycles. The fraction of sp³-hybridized carbons (Fsp3) is 0.600. The highest BCUT2D eigenvalue weighted by Gasteiger charge is 2.07. The predicted molar refractivity (Wildman–Crippen MR) is 82.6 cm³/mol. The van der Waals surface area contributed by atoms with E-state index in [-0.39, 0.29) is 0 Å². The van der Waals surface area contributed by atoms with Crippen molar-refractivity contribution in [2.45, 2.75) is 32.1 Å². The van der Waals surface area contributed by atoms with Crippen LogP contribution in [0, 0.1) is 0 Å². The number of benzene rings is 1. The smallest absolute Gasteiger partial charge is 0.0897 e. The van der Waals surface area contributed by atoms with Gasteiger partial charge in [-0.25, -0.2) is 0 Å². The summed E-state index contributed by atoms with van der Waals surface area (Å²) in [4.78, 5) is 0. The molecular formula is C15H25NO2S. The van der Waals surface area contributed by atoms with Gasteiger partial charge in [0.15, 0.2) is 0 Å².